The molecule has 9 nitrogen and oxygen atoms in total. The van der Waals surface area contributed by atoms with Crippen molar-refractivity contribution >= 4 is 22.8 Å². The van der Waals surface area contributed by atoms with Crippen molar-refractivity contribution in [3.05, 3.63) is 73.4 Å². The van der Waals surface area contributed by atoms with Crippen molar-refractivity contribution in [2.24, 2.45) is 5.73 Å². The highest BCUT2D eigenvalue weighted by molar-refractivity contribution is 5.92. The standard InChI is InChI=1S/C20H19N3O6/c1-9-3-4-10-6-12(18(26)23-14(10)5-9)11(7-15(21)24)16-17(25)13(20(28)29-2)8-22-19(16)27/h3-6,8,11H,7H2,1-2H3,(H2,21,24)(H,23,26)(H2,22,25,27). The smallest absolute Gasteiger partial charge is 0.343 e. The average Bonchev–Trinajstić information content (AvgIpc) is 2.66. The van der Waals surface area contributed by atoms with Crippen molar-refractivity contribution in [2.45, 2.75) is 19.3 Å². The number of aryl methyl sites for hydroxylation is 1. The number of carbonyl (C=O) groups is 2. The number of aromatic nitrogens is 2. The van der Waals surface area contributed by atoms with E-state index in [4.69, 9.17) is 5.73 Å². The lowest BCUT2D eigenvalue weighted by Gasteiger charge is -2.18. The monoisotopic (exact) mass is 397 g/mol. The minimum absolute atomic E-state index is 0.0583. The first-order valence-corrected chi connectivity index (χ1v) is 8.67. The van der Waals surface area contributed by atoms with E-state index in [1.165, 1.54) is 6.07 Å². The van der Waals surface area contributed by atoms with Gasteiger partial charge in [0.1, 0.15) is 11.3 Å². The lowest BCUT2D eigenvalue weighted by Crippen LogP contribution is -2.27. The fourth-order valence-corrected chi connectivity index (χ4v) is 3.28. The highest BCUT2D eigenvalue weighted by atomic mass is 16.5. The number of nitrogens with two attached hydrogens (primary N) is 1. The molecule has 2 heterocycles. The Kier molecular flexibility index (Phi) is 5.22. The number of hydrogen-bond acceptors (Lipinski definition) is 6. The largest absolute Gasteiger partial charge is 0.506 e. The van der Waals surface area contributed by atoms with Gasteiger partial charge in [-0.1, -0.05) is 12.1 Å². The summed E-state index contributed by atoms with van der Waals surface area (Å²) >= 11 is 0. The van der Waals surface area contributed by atoms with Gasteiger partial charge < -0.3 is 25.5 Å². The third-order valence-electron chi connectivity index (χ3n) is 4.67. The van der Waals surface area contributed by atoms with E-state index in [-0.39, 0.29) is 16.7 Å². The van der Waals surface area contributed by atoms with E-state index in [9.17, 15) is 24.3 Å². The Hall–Kier alpha value is -3.88. The van der Waals surface area contributed by atoms with E-state index in [1.54, 1.807) is 12.1 Å². The molecule has 0 spiro atoms. The maximum atomic E-state index is 12.7. The summed E-state index contributed by atoms with van der Waals surface area (Å²) in [7, 11) is 1.11. The molecule has 3 rings (SSSR count). The Morgan fingerprint density at radius 1 is 1.21 bits per heavy atom. The minimum Gasteiger partial charge on any atom is -0.506 e. The average molecular weight is 397 g/mol. The first-order chi connectivity index (χ1) is 13.7. The molecule has 2 aromatic heterocycles. The lowest BCUT2D eigenvalue weighted by atomic mass is 9.87. The van der Waals surface area contributed by atoms with E-state index in [0.29, 0.717) is 10.9 Å². The zero-order valence-electron chi connectivity index (χ0n) is 15.7. The quantitative estimate of drug-likeness (QED) is 0.471. The number of benzene rings is 1. The molecule has 0 aliphatic rings. The van der Waals surface area contributed by atoms with Crippen molar-refractivity contribution in [2.75, 3.05) is 7.11 Å². The maximum absolute atomic E-state index is 12.7. The fourth-order valence-electron chi connectivity index (χ4n) is 3.28. The molecule has 0 fully saturated rings. The number of ether oxygens (including phenoxy) is 1. The number of hydrogen-bond donors (Lipinski definition) is 4. The Bertz CT molecular complexity index is 1240. The molecule has 0 radical (unpaired) electrons. The fraction of sp³-hybridized carbons (Fsp3) is 0.200. The molecule has 0 bridgehead atoms. The van der Waals surface area contributed by atoms with Crippen molar-refractivity contribution in [1.29, 1.82) is 0 Å². The summed E-state index contributed by atoms with van der Waals surface area (Å²) in [5.41, 5.74) is 5.00. The van der Waals surface area contributed by atoms with Gasteiger partial charge in [0.05, 0.1) is 12.7 Å². The molecule has 9 heteroatoms. The number of primary amides is 1. The molecule has 1 unspecified atom stereocenters. The van der Waals surface area contributed by atoms with E-state index < -0.39 is 41.1 Å². The number of fused-ring (bicyclic) bond motifs is 1. The molecule has 5 N–H and O–H groups in total. The molecular formula is C20H19N3O6. The number of esters is 1. The van der Waals surface area contributed by atoms with Gasteiger partial charge in [0.25, 0.3) is 11.1 Å². The highest BCUT2D eigenvalue weighted by Gasteiger charge is 2.29. The summed E-state index contributed by atoms with van der Waals surface area (Å²) in [5, 5.41) is 11.2. The lowest BCUT2D eigenvalue weighted by molar-refractivity contribution is -0.118. The molecule has 0 aliphatic heterocycles. The molecule has 29 heavy (non-hydrogen) atoms. The Morgan fingerprint density at radius 2 is 1.93 bits per heavy atom. The topological polar surface area (TPSA) is 155 Å². The molecule has 3 aromatic rings. The molecule has 1 aromatic carbocycles. The van der Waals surface area contributed by atoms with Crippen LogP contribution in [0.2, 0.25) is 0 Å². The van der Waals surface area contributed by atoms with Crippen LogP contribution < -0.4 is 16.9 Å². The SMILES string of the molecule is COC(=O)c1c[nH]c(=O)c(C(CC(N)=O)c2cc3ccc(C)cc3[nH]c2=O)c1O. The maximum Gasteiger partial charge on any atom is 0.343 e. The number of aromatic amines is 2. The molecule has 0 saturated carbocycles. The third-order valence-corrected chi connectivity index (χ3v) is 4.67. The summed E-state index contributed by atoms with van der Waals surface area (Å²) in [6, 6.07) is 6.94. The summed E-state index contributed by atoms with van der Waals surface area (Å²) in [6.45, 7) is 1.87. The normalized spacial score (nSPS) is 11.9. The zero-order chi connectivity index (χ0) is 21.3. The van der Waals surface area contributed by atoms with Crippen LogP contribution in [0.5, 0.6) is 5.75 Å². The second-order valence-electron chi connectivity index (χ2n) is 6.65. The van der Waals surface area contributed by atoms with E-state index in [2.05, 4.69) is 14.7 Å². The summed E-state index contributed by atoms with van der Waals surface area (Å²) in [4.78, 5) is 53.9. The van der Waals surface area contributed by atoms with Gasteiger partial charge in [-0.25, -0.2) is 4.79 Å². The van der Waals surface area contributed by atoms with Gasteiger partial charge in [-0.2, -0.15) is 0 Å². The number of H-pyrrole nitrogens is 2. The minimum atomic E-state index is -1.17. The van der Waals surface area contributed by atoms with Crippen LogP contribution in [0.1, 0.15) is 39.4 Å². The van der Waals surface area contributed by atoms with E-state index in [0.717, 1.165) is 18.9 Å². The summed E-state index contributed by atoms with van der Waals surface area (Å²) in [5.74, 6) is -3.52. The Labute approximate surface area is 164 Å². The van der Waals surface area contributed by atoms with Gasteiger partial charge in [-0.15, -0.1) is 0 Å². The van der Waals surface area contributed by atoms with Crippen molar-refractivity contribution in [3.63, 3.8) is 0 Å². The van der Waals surface area contributed by atoms with Crippen molar-refractivity contribution in [3.8, 4) is 5.75 Å². The molecule has 0 saturated heterocycles. The predicted octanol–water partition coefficient (Wildman–Crippen LogP) is 1.02. The van der Waals surface area contributed by atoms with E-state index >= 15 is 0 Å². The van der Waals surface area contributed by atoms with Gasteiger partial charge in [0, 0.05) is 29.6 Å². The second kappa shape index (κ2) is 7.63. The molecule has 1 atom stereocenters. The molecule has 1 amide bonds. The first kappa shape index (κ1) is 19.9. The molecular weight excluding hydrogens is 378 g/mol. The number of rotatable bonds is 5. The Morgan fingerprint density at radius 3 is 2.59 bits per heavy atom. The van der Waals surface area contributed by atoms with Gasteiger partial charge in [-0.3, -0.25) is 14.4 Å². The van der Waals surface area contributed by atoms with Crippen molar-refractivity contribution < 1.29 is 19.4 Å². The number of amides is 1. The van der Waals surface area contributed by atoms with Crippen LogP contribution in [0, 0.1) is 6.92 Å². The summed E-state index contributed by atoms with van der Waals surface area (Å²) < 4.78 is 4.59. The molecule has 0 aliphatic carbocycles. The van der Waals surface area contributed by atoms with Crippen LogP contribution in [-0.4, -0.2) is 34.1 Å². The van der Waals surface area contributed by atoms with Gasteiger partial charge in [-0.05, 0) is 30.0 Å². The van der Waals surface area contributed by atoms with Gasteiger partial charge in [0.15, 0.2) is 0 Å². The van der Waals surface area contributed by atoms with Crippen LogP contribution >= 0.6 is 0 Å². The number of carbonyl (C=O) groups excluding carboxylic acids is 2. The number of pyridine rings is 2. The van der Waals surface area contributed by atoms with Gasteiger partial charge in [0.2, 0.25) is 5.91 Å². The second-order valence-corrected chi connectivity index (χ2v) is 6.65. The van der Waals surface area contributed by atoms with Crippen LogP contribution in [0.4, 0.5) is 0 Å². The van der Waals surface area contributed by atoms with Crippen LogP contribution in [0.25, 0.3) is 10.9 Å². The zero-order valence-corrected chi connectivity index (χ0v) is 15.7. The third kappa shape index (κ3) is 3.75. The number of aromatic hydroxyl groups is 1. The van der Waals surface area contributed by atoms with Crippen LogP contribution in [0.3, 0.4) is 0 Å². The number of methoxy groups -OCH3 is 1. The predicted molar refractivity (Wildman–Crippen MR) is 105 cm³/mol. The Balaban J connectivity index is 2.30. The van der Waals surface area contributed by atoms with Crippen molar-refractivity contribution in [1.82, 2.24) is 9.97 Å². The highest BCUT2D eigenvalue weighted by Crippen LogP contribution is 2.32. The molecule has 150 valence electrons. The van der Waals surface area contributed by atoms with Crippen LogP contribution in [0.15, 0.2) is 40.1 Å². The summed E-state index contributed by atoms with van der Waals surface area (Å²) in [6.07, 6.45) is 0.573. The van der Waals surface area contributed by atoms with E-state index in [1.807, 2.05) is 13.0 Å². The van der Waals surface area contributed by atoms with Crippen LogP contribution in [-0.2, 0) is 9.53 Å². The van der Waals surface area contributed by atoms with Gasteiger partial charge >= 0.3 is 5.97 Å². The first-order valence-electron chi connectivity index (χ1n) is 8.67. The number of nitrogens with one attached hydrogen (secondary N) is 2.